The molecular weight excluding hydrogens is 341 g/mol. The Balaban J connectivity index is 1.81. The van der Waals surface area contributed by atoms with E-state index in [4.69, 9.17) is 5.26 Å². The maximum absolute atomic E-state index is 13.2. The Labute approximate surface area is 146 Å². The van der Waals surface area contributed by atoms with Crippen molar-refractivity contribution in [2.24, 2.45) is 0 Å². The first-order chi connectivity index (χ1) is 12.5. The van der Waals surface area contributed by atoms with E-state index in [0.717, 1.165) is 18.2 Å². The van der Waals surface area contributed by atoms with Crippen LogP contribution in [0, 0.1) is 17.1 Å². The number of nitrogens with one attached hydrogen (secondary N) is 1. The monoisotopic (exact) mass is 350 g/mol. The van der Waals surface area contributed by atoms with Gasteiger partial charge in [0.2, 0.25) is 0 Å². The largest absolute Gasteiger partial charge is 0.545 e. The summed E-state index contributed by atoms with van der Waals surface area (Å²) in [6.07, 6.45) is 3.17. The minimum absolute atomic E-state index is 0.0740. The summed E-state index contributed by atoms with van der Waals surface area (Å²) in [6, 6.07) is 9.34. The van der Waals surface area contributed by atoms with Crippen molar-refractivity contribution in [2.45, 2.75) is 0 Å². The second kappa shape index (κ2) is 6.82. The molecule has 2 heterocycles. The van der Waals surface area contributed by atoms with E-state index in [-0.39, 0.29) is 11.4 Å². The molecule has 1 N–H and O–H groups in total. The van der Waals surface area contributed by atoms with Gasteiger partial charge in [0.1, 0.15) is 11.9 Å². The van der Waals surface area contributed by atoms with E-state index in [0.29, 0.717) is 11.4 Å². The average Bonchev–Trinajstić information content (AvgIpc) is 3.12. The highest BCUT2D eigenvalue weighted by atomic mass is 19.1. The molecule has 0 aliphatic heterocycles. The molecular formula is C17H9FN5O3-. The Bertz CT molecular complexity index is 1040. The molecule has 0 unspecified atom stereocenters. The third-order valence-electron chi connectivity index (χ3n) is 3.42. The average molecular weight is 350 g/mol. The van der Waals surface area contributed by atoms with Crippen LogP contribution in [0.5, 0.6) is 0 Å². The molecule has 3 aromatic rings. The molecule has 0 spiro atoms. The third kappa shape index (κ3) is 3.39. The number of benzene rings is 1. The Morgan fingerprint density at radius 1 is 1.19 bits per heavy atom. The summed E-state index contributed by atoms with van der Waals surface area (Å²) in [6.45, 7) is 0. The highest BCUT2D eigenvalue weighted by Crippen LogP contribution is 2.17. The predicted molar refractivity (Wildman–Crippen MR) is 84.8 cm³/mol. The molecule has 0 aliphatic carbocycles. The van der Waals surface area contributed by atoms with Gasteiger partial charge in [-0.15, -0.1) is 10.2 Å². The fourth-order valence-corrected chi connectivity index (χ4v) is 2.17. The van der Waals surface area contributed by atoms with Crippen molar-refractivity contribution >= 4 is 17.6 Å². The first kappa shape index (κ1) is 16.8. The summed E-state index contributed by atoms with van der Waals surface area (Å²) >= 11 is 0. The number of halogens is 1. The van der Waals surface area contributed by atoms with Gasteiger partial charge in [0, 0.05) is 18.0 Å². The molecule has 1 aromatic carbocycles. The van der Waals surface area contributed by atoms with Gasteiger partial charge < -0.3 is 19.8 Å². The maximum atomic E-state index is 13.2. The zero-order chi connectivity index (χ0) is 18.7. The van der Waals surface area contributed by atoms with E-state index >= 15 is 0 Å². The normalized spacial score (nSPS) is 10.2. The van der Waals surface area contributed by atoms with Crippen LogP contribution in [0.15, 0.2) is 48.8 Å². The van der Waals surface area contributed by atoms with E-state index in [1.54, 1.807) is 23.0 Å². The third-order valence-corrected chi connectivity index (χ3v) is 3.42. The molecule has 1 amide bonds. The predicted octanol–water partition coefficient (Wildman–Crippen LogP) is 0.894. The van der Waals surface area contributed by atoms with Crippen molar-refractivity contribution in [1.29, 1.82) is 5.26 Å². The Morgan fingerprint density at radius 3 is 2.62 bits per heavy atom. The minimum Gasteiger partial charge on any atom is -0.545 e. The molecule has 0 fully saturated rings. The Hall–Kier alpha value is -4.06. The molecule has 9 heteroatoms. The highest BCUT2D eigenvalue weighted by Gasteiger charge is 2.13. The van der Waals surface area contributed by atoms with Crippen LogP contribution in [0.25, 0.3) is 5.82 Å². The molecule has 0 atom stereocenters. The van der Waals surface area contributed by atoms with Crippen molar-refractivity contribution in [3.05, 3.63) is 71.4 Å². The van der Waals surface area contributed by atoms with Crippen molar-refractivity contribution in [3.63, 3.8) is 0 Å². The lowest BCUT2D eigenvalue weighted by Gasteiger charge is -2.11. The topological polar surface area (TPSA) is 124 Å². The lowest BCUT2D eigenvalue weighted by Crippen LogP contribution is -2.25. The van der Waals surface area contributed by atoms with E-state index in [1.807, 2.05) is 6.07 Å². The summed E-state index contributed by atoms with van der Waals surface area (Å²) in [7, 11) is 0. The quantitative estimate of drug-likeness (QED) is 0.745. The number of hydrogen-bond acceptors (Lipinski definition) is 6. The summed E-state index contributed by atoms with van der Waals surface area (Å²) in [5, 5.41) is 29.8. The zero-order valence-electron chi connectivity index (χ0n) is 13.0. The van der Waals surface area contributed by atoms with Crippen molar-refractivity contribution in [1.82, 2.24) is 14.8 Å². The molecule has 2 aromatic heterocycles. The van der Waals surface area contributed by atoms with Crippen LogP contribution in [0.1, 0.15) is 26.4 Å². The summed E-state index contributed by atoms with van der Waals surface area (Å²) < 4.78 is 14.7. The van der Waals surface area contributed by atoms with Gasteiger partial charge >= 0.3 is 0 Å². The lowest BCUT2D eigenvalue weighted by molar-refractivity contribution is -0.254. The number of carboxylic acids is 1. The van der Waals surface area contributed by atoms with Gasteiger partial charge in [0.05, 0.1) is 17.2 Å². The van der Waals surface area contributed by atoms with E-state index in [1.165, 1.54) is 12.1 Å². The SMILES string of the molecule is N#Cc1ccn(-c2ccc(C(=O)Nc3ccc(F)cc3C(=O)[O-])nn2)c1. The van der Waals surface area contributed by atoms with E-state index < -0.39 is 23.3 Å². The molecule has 0 aliphatic rings. The Kier molecular flexibility index (Phi) is 4.40. The van der Waals surface area contributed by atoms with Crippen LogP contribution < -0.4 is 10.4 Å². The molecule has 0 radical (unpaired) electrons. The number of nitrogens with zero attached hydrogens (tertiary/aromatic N) is 4. The first-order valence-corrected chi connectivity index (χ1v) is 7.22. The summed E-state index contributed by atoms with van der Waals surface area (Å²) in [5.41, 5.74) is -0.236. The van der Waals surface area contributed by atoms with Gasteiger partial charge in [-0.05, 0) is 36.4 Å². The smallest absolute Gasteiger partial charge is 0.276 e. The van der Waals surface area contributed by atoms with Crippen LogP contribution in [-0.2, 0) is 0 Å². The number of aromatic carboxylic acids is 1. The van der Waals surface area contributed by atoms with Crippen molar-refractivity contribution in [3.8, 4) is 11.9 Å². The maximum Gasteiger partial charge on any atom is 0.276 e. The summed E-state index contributed by atoms with van der Waals surface area (Å²) in [4.78, 5) is 23.2. The molecule has 0 bridgehead atoms. The number of rotatable bonds is 4. The summed E-state index contributed by atoms with van der Waals surface area (Å²) in [5.74, 6) is -2.72. The van der Waals surface area contributed by atoms with E-state index in [2.05, 4.69) is 15.5 Å². The number of aromatic nitrogens is 3. The number of carbonyl (C=O) groups is 2. The van der Waals surface area contributed by atoms with Crippen molar-refractivity contribution < 1.29 is 19.1 Å². The molecule has 0 saturated carbocycles. The van der Waals surface area contributed by atoms with Crippen LogP contribution in [0.4, 0.5) is 10.1 Å². The lowest BCUT2D eigenvalue weighted by atomic mass is 10.1. The number of nitriles is 1. The van der Waals surface area contributed by atoms with Crippen LogP contribution in [0.2, 0.25) is 0 Å². The molecule has 128 valence electrons. The first-order valence-electron chi connectivity index (χ1n) is 7.22. The fraction of sp³-hybridized carbons (Fsp3) is 0. The number of amides is 1. The number of hydrogen-bond donors (Lipinski definition) is 1. The highest BCUT2D eigenvalue weighted by molar-refractivity contribution is 6.06. The van der Waals surface area contributed by atoms with Gasteiger partial charge in [-0.25, -0.2) is 4.39 Å². The standard InChI is InChI=1S/C17H10FN5O3/c18-11-1-2-13(12(7-11)17(25)26)20-16(24)14-3-4-15(22-21-14)23-6-5-10(8-19)9-23/h1-7,9H,(H,20,24)(H,25,26)/p-1. The van der Waals surface area contributed by atoms with Crippen LogP contribution in [0.3, 0.4) is 0 Å². The number of anilines is 1. The zero-order valence-corrected chi connectivity index (χ0v) is 13.0. The fourth-order valence-electron chi connectivity index (χ4n) is 2.17. The Morgan fingerprint density at radius 2 is 2.00 bits per heavy atom. The number of carboxylic acid groups (broad SMARTS) is 1. The van der Waals surface area contributed by atoms with Gasteiger partial charge in [-0.2, -0.15) is 5.26 Å². The second-order valence-electron chi connectivity index (χ2n) is 5.13. The molecule has 0 saturated heterocycles. The molecule has 8 nitrogen and oxygen atoms in total. The van der Waals surface area contributed by atoms with E-state index in [9.17, 15) is 19.1 Å². The number of carbonyl (C=O) groups excluding carboxylic acids is 2. The minimum atomic E-state index is -1.62. The van der Waals surface area contributed by atoms with Gasteiger partial charge in [-0.1, -0.05) is 0 Å². The van der Waals surface area contributed by atoms with Crippen LogP contribution in [-0.4, -0.2) is 26.6 Å². The van der Waals surface area contributed by atoms with Gasteiger partial charge in [-0.3, -0.25) is 4.79 Å². The van der Waals surface area contributed by atoms with Gasteiger partial charge in [0.15, 0.2) is 11.5 Å². The van der Waals surface area contributed by atoms with Crippen molar-refractivity contribution in [2.75, 3.05) is 5.32 Å². The molecule has 3 rings (SSSR count). The van der Waals surface area contributed by atoms with Gasteiger partial charge in [0.25, 0.3) is 5.91 Å². The second-order valence-corrected chi connectivity index (χ2v) is 5.13. The molecule has 26 heavy (non-hydrogen) atoms. The van der Waals surface area contributed by atoms with Crippen LogP contribution >= 0.6 is 0 Å².